The highest BCUT2D eigenvalue weighted by atomic mass is 16.5. The number of guanidine groups is 1. The molecule has 8 atom stereocenters. The van der Waals surface area contributed by atoms with Gasteiger partial charge in [0, 0.05) is 56.0 Å². The number of likely N-dealkylation sites (N-methyl/N-ethyl adjacent to an activating group) is 1. The number of carbonyl (C=O) groups is 9. The maximum Gasteiger partial charge on any atom is 0.408 e. The van der Waals surface area contributed by atoms with Crippen molar-refractivity contribution in [2.45, 2.75) is 147 Å². The Balaban J connectivity index is 1.25. The van der Waals surface area contributed by atoms with Gasteiger partial charge in [-0.2, -0.15) is 0 Å². The van der Waals surface area contributed by atoms with Crippen LogP contribution in [0, 0.1) is 11.8 Å². The Morgan fingerprint density at radius 2 is 1.10 bits per heavy atom. The van der Waals surface area contributed by atoms with Crippen LogP contribution in [0.4, 0.5) is 4.79 Å². The number of phenolic OH excluding ortho intramolecular Hbond substituents is 1. The number of aromatic amines is 1. The Morgan fingerprint density at radius 1 is 0.611 bits per heavy atom. The van der Waals surface area contributed by atoms with Gasteiger partial charge in [-0.1, -0.05) is 119 Å². The molecular formula is C65H87N13O12. The molecule has 0 bridgehead atoms. The molecule has 0 saturated carbocycles. The first-order valence-corrected chi connectivity index (χ1v) is 30.5. The van der Waals surface area contributed by atoms with Crippen LogP contribution in [0.5, 0.6) is 5.75 Å². The Morgan fingerprint density at radius 3 is 1.67 bits per heavy atom. The minimum Gasteiger partial charge on any atom is -0.508 e. The van der Waals surface area contributed by atoms with Crippen LogP contribution in [0.15, 0.2) is 120 Å². The van der Waals surface area contributed by atoms with Crippen molar-refractivity contribution >= 4 is 70.2 Å². The van der Waals surface area contributed by atoms with E-state index < -0.39 is 102 Å². The third-order valence-electron chi connectivity index (χ3n) is 15.1. The number of aromatic nitrogens is 1. The van der Waals surface area contributed by atoms with Gasteiger partial charge in [-0.05, 0) is 97.7 Å². The topological polar surface area (TPSA) is 383 Å². The van der Waals surface area contributed by atoms with E-state index in [0.717, 1.165) is 16.5 Å². The fourth-order valence-electron chi connectivity index (χ4n) is 10.6. The molecule has 1 fully saturated rings. The van der Waals surface area contributed by atoms with Crippen LogP contribution in [-0.4, -0.2) is 154 Å². The molecule has 1 aliphatic heterocycles. The van der Waals surface area contributed by atoms with Crippen molar-refractivity contribution in [2.75, 3.05) is 26.2 Å². The number of phenols is 1. The largest absolute Gasteiger partial charge is 0.508 e. The second kappa shape index (κ2) is 34.9. The number of carbonyl (C=O) groups excluding carboxylic acids is 9. The number of aliphatic imine (C=N–C) groups is 1. The average Bonchev–Trinajstić information content (AvgIpc) is 2.21. The zero-order valence-corrected chi connectivity index (χ0v) is 51.7. The van der Waals surface area contributed by atoms with E-state index >= 15 is 0 Å². The summed E-state index contributed by atoms with van der Waals surface area (Å²) in [4.78, 5) is 137. The zero-order valence-electron chi connectivity index (χ0n) is 51.7. The molecule has 6 rings (SSSR count). The third kappa shape index (κ3) is 21.7. The number of hydrogen-bond donors (Lipinski definition) is 13. The second-order valence-corrected chi connectivity index (χ2v) is 23.2. The van der Waals surface area contributed by atoms with Gasteiger partial charge in [0.2, 0.25) is 47.3 Å². The van der Waals surface area contributed by atoms with E-state index in [0.29, 0.717) is 36.1 Å². The monoisotopic (exact) mass is 1240 g/mol. The average molecular weight is 1240 g/mol. The number of H-pyrrole nitrogens is 1. The molecule has 484 valence electrons. The molecule has 1 aromatic heterocycles. The first-order valence-electron chi connectivity index (χ1n) is 30.5. The van der Waals surface area contributed by atoms with Crippen molar-refractivity contribution in [1.29, 1.82) is 0 Å². The van der Waals surface area contributed by atoms with Crippen molar-refractivity contribution in [3.8, 4) is 5.75 Å². The van der Waals surface area contributed by atoms with Gasteiger partial charge in [-0.25, -0.2) is 4.79 Å². The molecule has 25 nitrogen and oxygen atoms in total. The van der Waals surface area contributed by atoms with Crippen LogP contribution in [0.3, 0.4) is 0 Å². The summed E-state index contributed by atoms with van der Waals surface area (Å²) in [6.07, 6.45) is 1.90. The zero-order chi connectivity index (χ0) is 65.3. The Bertz CT molecular complexity index is 3230. The molecule has 0 radical (unpaired) electrons. The number of aliphatic hydroxyl groups excluding tert-OH is 1. The summed E-state index contributed by atoms with van der Waals surface area (Å²) in [5.74, 6) is -6.44. The van der Waals surface area contributed by atoms with Crippen LogP contribution >= 0.6 is 0 Å². The summed E-state index contributed by atoms with van der Waals surface area (Å²) in [6, 6.07) is 20.3. The molecular weight excluding hydrogens is 1150 g/mol. The second-order valence-electron chi connectivity index (χ2n) is 23.2. The standard InChI is InChI=1S/C65H87N13O12/c1-6-68-62(87)55-24-16-30-78(55)63(88)48(23-15-29-69-64(66)67)71-56(81)49(31-39(2)3)72-58(83)51(33-41-17-9-7-10-18-41)73-59(84)52(34-42-25-27-45(80)28-26-42)74-61(86)54(37-79)76-60(85)53(35-44-36-70-47-22-14-13-21-46(44)47)75-57(82)50(32-40(4)5)77-65(89)90-38-43-19-11-8-12-20-43/h7-14,17-22,25-28,36,39-40,48-55,70,79-80H,6,15-16,23-24,29-35,37-38H2,1-5H3,(H,68,87)(H,71,81)(H,72,83)(H,73,84)(H,74,86)(H,75,82)(H,76,85)(H,77,89)(H4,66,67,69)/t48-,49-,50-,51+,52-,53-,54-,55-/m0/s1. The number of rotatable bonds is 33. The lowest BCUT2D eigenvalue weighted by atomic mass is 9.99. The van der Waals surface area contributed by atoms with Crippen molar-refractivity contribution in [3.05, 3.63) is 138 Å². The van der Waals surface area contributed by atoms with Gasteiger partial charge >= 0.3 is 6.09 Å². The van der Waals surface area contributed by atoms with Gasteiger partial charge in [0.25, 0.3) is 0 Å². The summed E-state index contributed by atoms with van der Waals surface area (Å²) in [5, 5.41) is 43.6. The molecule has 90 heavy (non-hydrogen) atoms. The van der Waals surface area contributed by atoms with Crippen molar-refractivity contribution in [1.82, 2.24) is 52.4 Å². The van der Waals surface area contributed by atoms with Gasteiger partial charge < -0.3 is 78.8 Å². The number of nitrogens with one attached hydrogen (secondary N) is 9. The number of alkyl carbamates (subject to hydrolysis) is 1. The predicted octanol–water partition coefficient (Wildman–Crippen LogP) is 2.37. The molecule has 1 aliphatic rings. The van der Waals surface area contributed by atoms with E-state index in [9.17, 15) is 53.4 Å². The fraction of sp³-hybridized carbons (Fsp3) is 0.446. The number of aromatic hydroxyl groups is 1. The first-order chi connectivity index (χ1) is 43.1. The van der Waals surface area contributed by atoms with Crippen LogP contribution < -0.4 is 54.0 Å². The normalized spacial score (nSPS) is 15.2. The molecule has 9 amide bonds. The lowest BCUT2D eigenvalue weighted by molar-refractivity contribution is -0.142. The van der Waals surface area contributed by atoms with E-state index in [-0.39, 0.29) is 94.1 Å². The number of aliphatic hydroxyl groups is 1. The van der Waals surface area contributed by atoms with E-state index in [1.165, 1.54) is 29.2 Å². The van der Waals surface area contributed by atoms with Crippen molar-refractivity contribution in [3.63, 3.8) is 0 Å². The highest BCUT2D eigenvalue weighted by Crippen LogP contribution is 2.22. The van der Waals surface area contributed by atoms with E-state index in [4.69, 9.17) is 16.2 Å². The Kier molecular flexibility index (Phi) is 27.0. The number of nitrogens with zero attached hydrogens (tertiary/aromatic N) is 2. The van der Waals surface area contributed by atoms with Gasteiger partial charge in [0.15, 0.2) is 5.96 Å². The quantitative estimate of drug-likeness (QED) is 0.0163. The number of nitrogens with two attached hydrogens (primary N) is 2. The summed E-state index contributed by atoms with van der Waals surface area (Å²) in [6.45, 7) is 8.86. The van der Waals surface area contributed by atoms with Gasteiger partial charge in [-0.3, -0.25) is 43.3 Å². The first kappa shape index (κ1) is 69.6. The van der Waals surface area contributed by atoms with E-state index in [1.807, 2.05) is 52.0 Å². The molecule has 2 heterocycles. The smallest absolute Gasteiger partial charge is 0.408 e. The van der Waals surface area contributed by atoms with Crippen molar-refractivity contribution in [2.24, 2.45) is 28.3 Å². The van der Waals surface area contributed by atoms with Gasteiger partial charge in [-0.15, -0.1) is 0 Å². The van der Waals surface area contributed by atoms with Crippen LogP contribution in [-0.2, 0) is 69.0 Å². The number of hydrogen-bond acceptors (Lipinski definition) is 13. The molecule has 0 aliphatic carbocycles. The predicted molar refractivity (Wildman–Crippen MR) is 338 cm³/mol. The van der Waals surface area contributed by atoms with Gasteiger partial charge in [0.05, 0.1) is 6.61 Å². The third-order valence-corrected chi connectivity index (χ3v) is 15.1. The minimum atomic E-state index is -1.74. The Labute approximate surface area is 524 Å². The van der Waals surface area contributed by atoms with E-state index in [2.05, 4.69) is 52.5 Å². The Hall–Kier alpha value is -9.52. The summed E-state index contributed by atoms with van der Waals surface area (Å²) >= 11 is 0. The molecule has 0 unspecified atom stereocenters. The summed E-state index contributed by atoms with van der Waals surface area (Å²) in [7, 11) is 0. The maximum absolute atomic E-state index is 14.9. The molecule has 15 N–H and O–H groups in total. The number of likely N-dealkylation sites (tertiary alicyclic amines) is 1. The SMILES string of the molecule is CCNC(=O)[C@@H]1CCCN1C(=O)[C@H](CCCN=C(N)N)NC(=O)[C@H](CC(C)C)NC(=O)[C@@H](Cc1ccccc1)NC(=O)[C@H](Cc1ccc(O)cc1)NC(=O)[C@H](CO)NC(=O)[C@H](Cc1c[nH]c2ccccc12)NC(=O)[C@H](CC(C)C)NC(=O)OCc1ccccc1. The van der Waals surface area contributed by atoms with Crippen LogP contribution in [0.25, 0.3) is 10.9 Å². The van der Waals surface area contributed by atoms with Crippen LogP contribution in [0.1, 0.15) is 95.4 Å². The molecule has 0 spiro atoms. The minimum absolute atomic E-state index is 0.0694. The highest BCUT2D eigenvalue weighted by molar-refractivity contribution is 5.99. The number of amides is 9. The number of para-hydroxylation sites is 1. The molecule has 4 aromatic carbocycles. The maximum atomic E-state index is 14.9. The number of ether oxygens (including phenoxy) is 1. The van der Waals surface area contributed by atoms with E-state index in [1.54, 1.807) is 73.8 Å². The summed E-state index contributed by atoms with van der Waals surface area (Å²) in [5.41, 5.74) is 14.3. The fourth-order valence-corrected chi connectivity index (χ4v) is 10.6. The van der Waals surface area contributed by atoms with Crippen LogP contribution in [0.2, 0.25) is 0 Å². The number of fused-ring (bicyclic) bond motifs is 1. The molecule has 5 aromatic rings. The molecule has 1 saturated heterocycles. The lowest BCUT2D eigenvalue weighted by Crippen LogP contribution is -2.61. The lowest BCUT2D eigenvalue weighted by Gasteiger charge is -2.30. The van der Waals surface area contributed by atoms with Crippen molar-refractivity contribution < 1.29 is 58.1 Å². The number of benzene rings is 4. The highest BCUT2D eigenvalue weighted by Gasteiger charge is 2.39. The molecule has 25 heteroatoms. The summed E-state index contributed by atoms with van der Waals surface area (Å²) < 4.78 is 5.43. The van der Waals surface area contributed by atoms with Gasteiger partial charge in [0.1, 0.15) is 60.7 Å².